The van der Waals surface area contributed by atoms with Crippen molar-refractivity contribution < 1.29 is 9.53 Å². The highest BCUT2D eigenvalue weighted by Crippen LogP contribution is 2.25. The van der Waals surface area contributed by atoms with Gasteiger partial charge in [-0.25, -0.2) is 0 Å². The molecule has 25 heavy (non-hydrogen) atoms. The average Bonchev–Trinajstić information content (AvgIpc) is 3.16. The number of hydrogen-bond donors (Lipinski definition) is 1. The van der Waals surface area contributed by atoms with Crippen molar-refractivity contribution in [2.45, 2.75) is 6.54 Å². The molecule has 7 heteroatoms. The predicted molar refractivity (Wildman–Crippen MR) is 97.0 cm³/mol. The standard InChI is InChI=1S/C18H17N3O3S/c1-21-11-13(14(24-2)9-16(21)22)18(23)20-10-12-5-3-7-19-17(12)15-6-4-8-25-15/h3-9,11H,10H2,1-2H3,(H,20,23). The third kappa shape index (κ3) is 3.61. The van der Waals surface area contributed by atoms with Crippen molar-refractivity contribution in [2.24, 2.45) is 7.05 Å². The van der Waals surface area contributed by atoms with Crippen molar-refractivity contribution >= 4 is 17.2 Å². The summed E-state index contributed by atoms with van der Waals surface area (Å²) in [5.41, 5.74) is 1.85. The highest BCUT2D eigenvalue weighted by atomic mass is 32.1. The van der Waals surface area contributed by atoms with Crippen LogP contribution in [0.15, 0.2) is 52.9 Å². The Morgan fingerprint density at radius 3 is 2.92 bits per heavy atom. The van der Waals surface area contributed by atoms with Crippen LogP contribution in [-0.4, -0.2) is 22.6 Å². The van der Waals surface area contributed by atoms with Gasteiger partial charge in [0, 0.05) is 32.1 Å². The zero-order valence-corrected chi connectivity index (χ0v) is 14.7. The minimum Gasteiger partial charge on any atom is -0.496 e. The van der Waals surface area contributed by atoms with Crippen LogP contribution in [0, 0.1) is 0 Å². The summed E-state index contributed by atoms with van der Waals surface area (Å²) in [7, 11) is 3.02. The lowest BCUT2D eigenvalue weighted by Gasteiger charge is -2.12. The first-order chi connectivity index (χ1) is 12.1. The third-order valence-electron chi connectivity index (χ3n) is 3.74. The number of thiophene rings is 1. The Morgan fingerprint density at radius 1 is 1.36 bits per heavy atom. The number of ether oxygens (including phenoxy) is 1. The number of aryl methyl sites for hydroxylation is 1. The zero-order chi connectivity index (χ0) is 17.8. The Bertz CT molecular complexity index is 948. The van der Waals surface area contributed by atoms with Crippen molar-refractivity contribution in [3.8, 4) is 16.3 Å². The second kappa shape index (κ2) is 7.31. The van der Waals surface area contributed by atoms with Crippen LogP contribution in [0.4, 0.5) is 0 Å². The van der Waals surface area contributed by atoms with Crippen molar-refractivity contribution in [3.05, 3.63) is 69.6 Å². The molecule has 0 atom stereocenters. The second-order valence-electron chi connectivity index (χ2n) is 5.38. The Kier molecular flexibility index (Phi) is 4.95. The molecule has 0 aliphatic rings. The normalized spacial score (nSPS) is 10.5. The maximum Gasteiger partial charge on any atom is 0.256 e. The summed E-state index contributed by atoms with van der Waals surface area (Å²) >= 11 is 1.60. The highest BCUT2D eigenvalue weighted by molar-refractivity contribution is 7.13. The molecule has 0 radical (unpaired) electrons. The maximum atomic E-state index is 12.5. The number of pyridine rings is 2. The summed E-state index contributed by atoms with van der Waals surface area (Å²) in [5.74, 6) is -0.0568. The summed E-state index contributed by atoms with van der Waals surface area (Å²) in [5, 5.41) is 4.86. The van der Waals surface area contributed by atoms with Crippen LogP contribution in [0.25, 0.3) is 10.6 Å². The summed E-state index contributed by atoms with van der Waals surface area (Å²) in [6.45, 7) is 0.325. The number of nitrogens with one attached hydrogen (secondary N) is 1. The van der Waals surface area contributed by atoms with Gasteiger partial charge in [-0.15, -0.1) is 11.3 Å². The molecular weight excluding hydrogens is 338 g/mol. The van der Waals surface area contributed by atoms with E-state index in [9.17, 15) is 9.59 Å². The molecule has 0 aromatic carbocycles. The Balaban J connectivity index is 1.83. The maximum absolute atomic E-state index is 12.5. The molecule has 0 bridgehead atoms. The van der Waals surface area contributed by atoms with E-state index in [0.29, 0.717) is 12.1 Å². The van der Waals surface area contributed by atoms with Gasteiger partial charge in [-0.3, -0.25) is 14.6 Å². The fourth-order valence-electron chi connectivity index (χ4n) is 2.44. The first-order valence-corrected chi connectivity index (χ1v) is 8.48. The van der Waals surface area contributed by atoms with E-state index in [1.54, 1.807) is 24.6 Å². The van der Waals surface area contributed by atoms with E-state index in [-0.39, 0.29) is 17.2 Å². The molecule has 0 aliphatic heterocycles. The van der Waals surface area contributed by atoms with E-state index < -0.39 is 0 Å². The molecule has 0 unspecified atom stereocenters. The Hall–Kier alpha value is -2.93. The zero-order valence-electron chi connectivity index (χ0n) is 13.9. The molecule has 0 saturated heterocycles. The third-order valence-corrected chi connectivity index (χ3v) is 4.62. The van der Waals surface area contributed by atoms with Gasteiger partial charge in [-0.05, 0) is 23.1 Å². The molecule has 3 rings (SSSR count). The number of carbonyl (C=O) groups excluding carboxylic acids is 1. The van der Waals surface area contributed by atoms with Gasteiger partial charge in [0.25, 0.3) is 11.5 Å². The molecule has 0 spiro atoms. The van der Waals surface area contributed by atoms with Crippen molar-refractivity contribution in [1.82, 2.24) is 14.9 Å². The SMILES string of the molecule is COc1cc(=O)n(C)cc1C(=O)NCc1cccnc1-c1cccs1. The molecule has 0 fully saturated rings. The Morgan fingerprint density at radius 2 is 2.20 bits per heavy atom. The largest absolute Gasteiger partial charge is 0.496 e. The van der Waals surface area contributed by atoms with E-state index in [4.69, 9.17) is 4.74 Å². The van der Waals surface area contributed by atoms with Crippen LogP contribution in [0.1, 0.15) is 15.9 Å². The summed E-state index contributed by atoms with van der Waals surface area (Å²) < 4.78 is 6.50. The second-order valence-corrected chi connectivity index (χ2v) is 6.32. The van der Waals surface area contributed by atoms with Gasteiger partial charge >= 0.3 is 0 Å². The molecule has 0 saturated carbocycles. The first-order valence-electron chi connectivity index (χ1n) is 7.61. The molecule has 3 heterocycles. The monoisotopic (exact) mass is 355 g/mol. The van der Waals surface area contributed by atoms with Gasteiger partial charge in [0.15, 0.2) is 0 Å². The smallest absolute Gasteiger partial charge is 0.256 e. The molecule has 0 aliphatic carbocycles. The lowest BCUT2D eigenvalue weighted by Crippen LogP contribution is -2.26. The van der Waals surface area contributed by atoms with Gasteiger partial charge in [-0.2, -0.15) is 0 Å². The fraction of sp³-hybridized carbons (Fsp3) is 0.167. The molecule has 1 amide bonds. The van der Waals surface area contributed by atoms with Crippen LogP contribution in [-0.2, 0) is 13.6 Å². The molecule has 128 valence electrons. The molecule has 3 aromatic heterocycles. The lowest BCUT2D eigenvalue weighted by molar-refractivity contribution is 0.0947. The van der Waals surface area contributed by atoms with Gasteiger partial charge in [0.2, 0.25) is 0 Å². The van der Waals surface area contributed by atoms with E-state index in [0.717, 1.165) is 16.1 Å². The highest BCUT2D eigenvalue weighted by Gasteiger charge is 2.15. The van der Waals surface area contributed by atoms with Crippen molar-refractivity contribution in [3.63, 3.8) is 0 Å². The number of amides is 1. The van der Waals surface area contributed by atoms with Crippen LogP contribution < -0.4 is 15.6 Å². The van der Waals surface area contributed by atoms with Gasteiger partial charge in [-0.1, -0.05) is 12.1 Å². The number of aromatic nitrogens is 2. The van der Waals surface area contributed by atoms with Gasteiger partial charge < -0.3 is 14.6 Å². The number of hydrogen-bond acceptors (Lipinski definition) is 5. The number of methoxy groups -OCH3 is 1. The van der Waals surface area contributed by atoms with E-state index >= 15 is 0 Å². The number of nitrogens with zero attached hydrogens (tertiary/aromatic N) is 2. The quantitative estimate of drug-likeness (QED) is 0.763. The van der Waals surface area contributed by atoms with Crippen LogP contribution >= 0.6 is 11.3 Å². The first kappa shape index (κ1) is 16.9. The van der Waals surface area contributed by atoms with Gasteiger partial charge in [0.05, 0.1) is 23.2 Å². The predicted octanol–water partition coefficient (Wildman–Crippen LogP) is 2.45. The molecular formula is C18H17N3O3S. The van der Waals surface area contributed by atoms with E-state index in [1.165, 1.54) is 23.9 Å². The molecule has 1 N–H and O–H groups in total. The van der Waals surface area contributed by atoms with Crippen LogP contribution in [0.2, 0.25) is 0 Å². The minimum absolute atomic E-state index is 0.236. The van der Waals surface area contributed by atoms with Crippen molar-refractivity contribution in [2.75, 3.05) is 7.11 Å². The topological polar surface area (TPSA) is 73.2 Å². The number of carbonyl (C=O) groups is 1. The summed E-state index contributed by atoms with van der Waals surface area (Å²) in [6, 6.07) is 9.03. The molecule has 6 nitrogen and oxygen atoms in total. The van der Waals surface area contributed by atoms with Crippen molar-refractivity contribution in [1.29, 1.82) is 0 Å². The number of rotatable bonds is 5. The fourth-order valence-corrected chi connectivity index (χ4v) is 3.20. The van der Waals surface area contributed by atoms with Gasteiger partial charge in [0.1, 0.15) is 5.75 Å². The van der Waals surface area contributed by atoms with Crippen LogP contribution in [0.5, 0.6) is 5.75 Å². The molecule has 3 aromatic rings. The Labute approximate surface area is 148 Å². The minimum atomic E-state index is -0.312. The summed E-state index contributed by atoms with van der Waals surface area (Å²) in [4.78, 5) is 29.7. The average molecular weight is 355 g/mol. The summed E-state index contributed by atoms with van der Waals surface area (Å²) in [6.07, 6.45) is 3.20. The lowest BCUT2D eigenvalue weighted by atomic mass is 10.1. The van der Waals surface area contributed by atoms with E-state index in [2.05, 4.69) is 10.3 Å². The van der Waals surface area contributed by atoms with Crippen LogP contribution in [0.3, 0.4) is 0 Å². The van der Waals surface area contributed by atoms with E-state index in [1.807, 2.05) is 29.6 Å².